The Balaban J connectivity index is 2.38. The van der Waals surface area contributed by atoms with Gasteiger partial charge in [-0.2, -0.15) is 8.78 Å². The van der Waals surface area contributed by atoms with Crippen molar-refractivity contribution < 1.29 is 31.6 Å². The van der Waals surface area contributed by atoms with Crippen molar-refractivity contribution in [1.82, 2.24) is 0 Å². The number of anilines is 1. The van der Waals surface area contributed by atoms with Crippen LogP contribution in [0.15, 0.2) is 41.3 Å². The van der Waals surface area contributed by atoms with E-state index in [0.29, 0.717) is 0 Å². The Morgan fingerprint density at radius 1 is 1.19 bits per heavy atom. The Morgan fingerprint density at radius 3 is 2.38 bits per heavy atom. The summed E-state index contributed by atoms with van der Waals surface area (Å²) in [5.41, 5.74) is -0.518. The number of halogens is 3. The molecule has 0 amide bonds. The van der Waals surface area contributed by atoms with E-state index in [1.54, 1.807) is 0 Å². The summed E-state index contributed by atoms with van der Waals surface area (Å²) >= 11 is 5.77. The van der Waals surface area contributed by atoms with Crippen LogP contribution in [-0.2, 0) is 10.0 Å². The van der Waals surface area contributed by atoms with Gasteiger partial charge in [-0.25, -0.2) is 8.42 Å². The fourth-order valence-corrected chi connectivity index (χ4v) is 3.42. The molecule has 2 aromatic carbocycles. The number of nitro benzene ring substituents is 1. The van der Waals surface area contributed by atoms with Gasteiger partial charge < -0.3 is 9.47 Å². The van der Waals surface area contributed by atoms with Crippen molar-refractivity contribution >= 4 is 33.0 Å². The summed E-state index contributed by atoms with van der Waals surface area (Å²) in [5, 5.41) is 10.6. The van der Waals surface area contributed by atoms with Crippen LogP contribution in [0, 0.1) is 10.1 Å². The van der Waals surface area contributed by atoms with Crippen LogP contribution in [-0.4, -0.2) is 27.1 Å². The Labute approximate surface area is 151 Å². The van der Waals surface area contributed by atoms with Crippen LogP contribution in [0.4, 0.5) is 20.2 Å². The maximum Gasteiger partial charge on any atom is 0.387 e. The van der Waals surface area contributed by atoms with Crippen LogP contribution in [0.5, 0.6) is 11.5 Å². The Bertz CT molecular complexity index is 939. The van der Waals surface area contributed by atoms with Crippen LogP contribution in [0.2, 0.25) is 5.02 Å². The molecule has 0 atom stereocenters. The number of hydrogen-bond donors (Lipinski definition) is 1. The molecule has 0 saturated heterocycles. The lowest BCUT2D eigenvalue weighted by atomic mass is 10.3. The maximum absolute atomic E-state index is 12.5. The zero-order valence-electron chi connectivity index (χ0n) is 13.0. The topological polar surface area (TPSA) is 108 Å². The number of alkyl halides is 2. The smallest absolute Gasteiger partial charge is 0.387 e. The largest absolute Gasteiger partial charge is 0.495 e. The first-order chi connectivity index (χ1) is 12.1. The third-order valence-electron chi connectivity index (χ3n) is 3.05. The molecule has 0 saturated carbocycles. The number of nitrogens with zero attached hydrogens (tertiary/aromatic N) is 1. The minimum atomic E-state index is -4.29. The number of rotatable bonds is 7. The molecule has 26 heavy (non-hydrogen) atoms. The first-order valence-electron chi connectivity index (χ1n) is 6.73. The summed E-state index contributed by atoms with van der Waals surface area (Å²) in [6.45, 7) is -3.09. The monoisotopic (exact) mass is 408 g/mol. The lowest BCUT2D eigenvalue weighted by molar-refractivity contribution is -0.385. The quantitative estimate of drug-likeness (QED) is 0.553. The standard InChI is InChI=1S/C14H11ClF2N2O6S/c1-24-12-5-3-9(19(20)21)7-13(12)26(22,23)18-8-2-4-11(10(15)6-8)25-14(16)17/h2-7,14,18H,1H3. The minimum Gasteiger partial charge on any atom is -0.495 e. The molecule has 140 valence electrons. The second kappa shape index (κ2) is 7.70. The SMILES string of the molecule is COc1ccc([N+](=O)[O-])cc1S(=O)(=O)Nc1ccc(OC(F)F)c(Cl)c1. The number of hydrogen-bond acceptors (Lipinski definition) is 6. The third kappa shape index (κ3) is 4.49. The molecule has 0 heterocycles. The van der Waals surface area contributed by atoms with Gasteiger partial charge in [0.15, 0.2) is 0 Å². The molecular weight excluding hydrogens is 398 g/mol. The van der Waals surface area contributed by atoms with E-state index in [0.717, 1.165) is 36.4 Å². The van der Waals surface area contributed by atoms with Gasteiger partial charge in [-0.05, 0) is 24.3 Å². The lowest BCUT2D eigenvalue weighted by Crippen LogP contribution is -2.14. The van der Waals surface area contributed by atoms with E-state index in [-0.39, 0.29) is 22.2 Å². The van der Waals surface area contributed by atoms with Crippen LogP contribution in [0.25, 0.3) is 0 Å². The van der Waals surface area contributed by atoms with E-state index in [1.165, 1.54) is 7.11 Å². The summed E-state index contributed by atoms with van der Waals surface area (Å²) in [4.78, 5) is 9.63. The molecule has 0 aliphatic heterocycles. The van der Waals surface area contributed by atoms with Gasteiger partial charge in [-0.15, -0.1) is 0 Å². The molecule has 0 aromatic heterocycles. The van der Waals surface area contributed by atoms with Crippen molar-refractivity contribution in [3.63, 3.8) is 0 Å². The van der Waals surface area contributed by atoms with Crippen LogP contribution >= 0.6 is 11.6 Å². The van der Waals surface area contributed by atoms with Gasteiger partial charge in [-0.1, -0.05) is 11.6 Å². The summed E-state index contributed by atoms with van der Waals surface area (Å²) in [6.07, 6.45) is 0. The average Bonchev–Trinajstić information content (AvgIpc) is 2.56. The first kappa shape index (κ1) is 19.7. The Kier molecular flexibility index (Phi) is 5.83. The molecule has 0 unspecified atom stereocenters. The molecule has 0 bridgehead atoms. The molecule has 0 radical (unpaired) electrons. The van der Waals surface area contributed by atoms with E-state index >= 15 is 0 Å². The Morgan fingerprint density at radius 2 is 1.85 bits per heavy atom. The van der Waals surface area contributed by atoms with Crippen molar-refractivity contribution in [3.8, 4) is 11.5 Å². The number of benzene rings is 2. The van der Waals surface area contributed by atoms with Crippen molar-refractivity contribution in [1.29, 1.82) is 0 Å². The summed E-state index contributed by atoms with van der Waals surface area (Å²) in [7, 11) is -3.09. The van der Waals surface area contributed by atoms with Crippen molar-refractivity contribution in [2.75, 3.05) is 11.8 Å². The summed E-state index contributed by atoms with van der Waals surface area (Å²) in [5.74, 6) is -0.454. The van der Waals surface area contributed by atoms with Gasteiger partial charge in [0.1, 0.15) is 16.4 Å². The molecule has 2 rings (SSSR count). The number of non-ortho nitro benzene ring substituents is 1. The second-order valence-electron chi connectivity index (χ2n) is 4.72. The van der Waals surface area contributed by atoms with Crippen LogP contribution in [0.3, 0.4) is 0 Å². The van der Waals surface area contributed by atoms with Crippen molar-refractivity contribution in [2.45, 2.75) is 11.5 Å². The maximum atomic E-state index is 12.5. The fourth-order valence-electron chi connectivity index (χ4n) is 1.95. The average molecular weight is 409 g/mol. The van der Waals surface area contributed by atoms with E-state index in [1.807, 2.05) is 0 Å². The molecule has 0 aliphatic rings. The second-order valence-corrected chi connectivity index (χ2v) is 6.78. The van der Waals surface area contributed by atoms with Crippen molar-refractivity contribution in [3.05, 3.63) is 51.5 Å². The Hall–Kier alpha value is -2.66. The van der Waals surface area contributed by atoms with E-state index in [4.69, 9.17) is 16.3 Å². The van der Waals surface area contributed by atoms with Gasteiger partial charge in [0, 0.05) is 12.1 Å². The molecule has 8 nitrogen and oxygen atoms in total. The van der Waals surface area contributed by atoms with Gasteiger partial charge in [0.25, 0.3) is 15.7 Å². The van der Waals surface area contributed by atoms with Gasteiger partial charge in [0.2, 0.25) is 0 Å². The third-order valence-corrected chi connectivity index (χ3v) is 4.75. The predicted molar refractivity (Wildman–Crippen MR) is 88.5 cm³/mol. The number of ether oxygens (including phenoxy) is 2. The zero-order chi connectivity index (χ0) is 19.5. The first-order valence-corrected chi connectivity index (χ1v) is 8.60. The number of sulfonamides is 1. The molecule has 12 heteroatoms. The number of methoxy groups -OCH3 is 1. The lowest BCUT2D eigenvalue weighted by Gasteiger charge is -2.13. The highest BCUT2D eigenvalue weighted by atomic mass is 35.5. The fraction of sp³-hybridized carbons (Fsp3) is 0.143. The van der Waals surface area contributed by atoms with Gasteiger partial charge in [-0.3, -0.25) is 14.8 Å². The number of nitro groups is 1. The van der Waals surface area contributed by atoms with Crippen molar-refractivity contribution in [2.24, 2.45) is 0 Å². The highest BCUT2D eigenvalue weighted by Crippen LogP contribution is 2.32. The summed E-state index contributed by atoms with van der Waals surface area (Å²) in [6, 6.07) is 6.31. The minimum absolute atomic E-state index is 0.0647. The summed E-state index contributed by atoms with van der Waals surface area (Å²) < 4.78 is 60.7. The van der Waals surface area contributed by atoms with E-state index < -0.39 is 32.1 Å². The number of nitrogens with one attached hydrogen (secondary N) is 1. The molecular formula is C14H11ClF2N2O6S. The van der Waals surface area contributed by atoms with E-state index in [9.17, 15) is 27.3 Å². The molecule has 2 aromatic rings. The highest BCUT2D eigenvalue weighted by molar-refractivity contribution is 7.92. The van der Waals surface area contributed by atoms with Gasteiger partial charge in [0.05, 0.1) is 22.7 Å². The predicted octanol–water partition coefficient (Wildman–Crippen LogP) is 3.66. The normalized spacial score (nSPS) is 11.3. The van der Waals surface area contributed by atoms with Crippen LogP contribution in [0.1, 0.15) is 0 Å². The van der Waals surface area contributed by atoms with E-state index in [2.05, 4.69) is 9.46 Å². The molecule has 0 spiro atoms. The van der Waals surface area contributed by atoms with Crippen LogP contribution < -0.4 is 14.2 Å². The molecule has 1 N–H and O–H groups in total. The zero-order valence-corrected chi connectivity index (χ0v) is 14.6. The molecule has 0 fully saturated rings. The molecule has 0 aliphatic carbocycles. The van der Waals surface area contributed by atoms with Gasteiger partial charge >= 0.3 is 6.61 Å². The highest BCUT2D eigenvalue weighted by Gasteiger charge is 2.23.